The van der Waals surface area contributed by atoms with Gasteiger partial charge in [0.25, 0.3) is 0 Å². The third-order valence-electron chi connectivity index (χ3n) is 3.74. The number of benzene rings is 2. The van der Waals surface area contributed by atoms with Crippen LogP contribution in [-0.2, 0) is 9.84 Å². The van der Waals surface area contributed by atoms with E-state index < -0.39 is 9.84 Å². The maximum atomic E-state index is 13.0. The summed E-state index contributed by atoms with van der Waals surface area (Å²) in [6, 6.07) is 13.5. The number of anilines is 1. The predicted octanol–water partition coefficient (Wildman–Crippen LogP) is 4.20. The standard InChI is InChI=1S/C18H17ClN2O3S/c1-12-6-4-5-7-15(12)16-20-17(18(24-16)21(2)3)25(22,23)14-10-8-13(19)9-11-14/h4-11H,1-3H3. The molecule has 7 heteroatoms. The van der Waals surface area contributed by atoms with Gasteiger partial charge in [-0.2, -0.15) is 4.98 Å². The van der Waals surface area contributed by atoms with Gasteiger partial charge in [0.05, 0.1) is 4.90 Å². The van der Waals surface area contributed by atoms with Crippen LogP contribution in [0.15, 0.2) is 62.9 Å². The molecule has 0 fully saturated rings. The lowest BCUT2D eigenvalue weighted by atomic mass is 10.1. The highest BCUT2D eigenvalue weighted by atomic mass is 35.5. The zero-order chi connectivity index (χ0) is 18.2. The van der Waals surface area contributed by atoms with E-state index >= 15 is 0 Å². The molecule has 0 aliphatic rings. The SMILES string of the molecule is Cc1ccccc1-c1nc(S(=O)(=O)c2ccc(Cl)cc2)c(N(C)C)o1. The van der Waals surface area contributed by atoms with Crippen molar-refractivity contribution in [3.63, 3.8) is 0 Å². The first-order chi connectivity index (χ1) is 11.8. The molecule has 0 aliphatic carbocycles. The fourth-order valence-corrected chi connectivity index (χ4v) is 3.91. The molecule has 25 heavy (non-hydrogen) atoms. The van der Waals surface area contributed by atoms with E-state index in [0.29, 0.717) is 5.02 Å². The number of sulfone groups is 1. The number of hydrogen-bond acceptors (Lipinski definition) is 5. The van der Waals surface area contributed by atoms with E-state index in [1.54, 1.807) is 19.0 Å². The normalized spacial score (nSPS) is 11.5. The monoisotopic (exact) mass is 376 g/mol. The summed E-state index contributed by atoms with van der Waals surface area (Å²) in [5.41, 5.74) is 1.70. The van der Waals surface area contributed by atoms with Crippen molar-refractivity contribution in [2.24, 2.45) is 0 Å². The molecule has 0 N–H and O–H groups in total. The molecule has 3 aromatic rings. The molecular formula is C18H17ClN2O3S. The highest BCUT2D eigenvalue weighted by Gasteiger charge is 2.29. The molecule has 0 unspecified atom stereocenters. The highest BCUT2D eigenvalue weighted by molar-refractivity contribution is 7.91. The van der Waals surface area contributed by atoms with Crippen LogP contribution in [0.2, 0.25) is 5.02 Å². The molecule has 0 radical (unpaired) electrons. The smallest absolute Gasteiger partial charge is 0.235 e. The van der Waals surface area contributed by atoms with Gasteiger partial charge in [-0.25, -0.2) is 8.42 Å². The molecule has 1 heterocycles. The van der Waals surface area contributed by atoms with Crippen molar-refractivity contribution in [2.45, 2.75) is 16.8 Å². The Bertz CT molecular complexity index is 1010. The quantitative estimate of drug-likeness (QED) is 0.682. The Hall–Kier alpha value is -2.31. The van der Waals surface area contributed by atoms with E-state index in [0.717, 1.165) is 11.1 Å². The molecule has 5 nitrogen and oxygen atoms in total. The first kappa shape index (κ1) is 17.5. The zero-order valence-electron chi connectivity index (χ0n) is 14.0. The lowest BCUT2D eigenvalue weighted by molar-refractivity contribution is 0.564. The van der Waals surface area contributed by atoms with Gasteiger partial charge in [0.1, 0.15) is 0 Å². The average Bonchev–Trinajstić information content (AvgIpc) is 3.02. The van der Waals surface area contributed by atoms with E-state index in [1.807, 2.05) is 31.2 Å². The molecule has 130 valence electrons. The maximum Gasteiger partial charge on any atom is 0.235 e. The average molecular weight is 377 g/mol. The number of oxazole rings is 1. The van der Waals surface area contributed by atoms with Gasteiger partial charge in [-0.05, 0) is 42.8 Å². The van der Waals surface area contributed by atoms with E-state index in [1.165, 1.54) is 24.3 Å². The number of halogens is 1. The third kappa shape index (κ3) is 3.27. The minimum atomic E-state index is -3.84. The Labute approximate surface area is 151 Å². The molecule has 0 saturated heterocycles. The number of rotatable bonds is 4. The van der Waals surface area contributed by atoms with Crippen LogP contribution in [0.25, 0.3) is 11.5 Å². The van der Waals surface area contributed by atoms with Crippen molar-refractivity contribution in [3.05, 3.63) is 59.1 Å². The molecule has 0 spiro atoms. The Morgan fingerprint density at radius 3 is 2.28 bits per heavy atom. The number of hydrogen-bond donors (Lipinski definition) is 0. The largest absolute Gasteiger partial charge is 0.419 e. The summed E-state index contributed by atoms with van der Waals surface area (Å²) in [5, 5.41) is 0.352. The second-order valence-corrected chi connectivity index (χ2v) is 8.10. The van der Waals surface area contributed by atoms with Crippen LogP contribution in [-0.4, -0.2) is 27.5 Å². The van der Waals surface area contributed by atoms with Crippen LogP contribution in [0.5, 0.6) is 0 Å². The van der Waals surface area contributed by atoms with Gasteiger partial charge in [0.2, 0.25) is 26.6 Å². The van der Waals surface area contributed by atoms with Crippen LogP contribution in [0.1, 0.15) is 5.56 Å². The van der Waals surface area contributed by atoms with Gasteiger partial charge < -0.3 is 9.32 Å². The highest BCUT2D eigenvalue weighted by Crippen LogP contribution is 2.34. The molecule has 3 rings (SSSR count). The fraction of sp³-hybridized carbons (Fsp3) is 0.167. The first-order valence-corrected chi connectivity index (χ1v) is 9.41. The Kier molecular flexibility index (Phi) is 4.58. The fourth-order valence-electron chi connectivity index (χ4n) is 2.41. The van der Waals surface area contributed by atoms with Crippen molar-refractivity contribution in [1.82, 2.24) is 4.98 Å². The molecular weight excluding hydrogens is 360 g/mol. The van der Waals surface area contributed by atoms with Gasteiger partial charge in [-0.1, -0.05) is 29.8 Å². The summed E-state index contributed by atoms with van der Waals surface area (Å²) in [6.45, 7) is 1.92. The summed E-state index contributed by atoms with van der Waals surface area (Å²) in [7, 11) is -0.414. The van der Waals surface area contributed by atoms with E-state index in [4.69, 9.17) is 16.0 Å². The van der Waals surface area contributed by atoms with Gasteiger partial charge in [0, 0.05) is 24.7 Å². The van der Waals surface area contributed by atoms with Crippen LogP contribution < -0.4 is 4.90 Å². The molecule has 0 aliphatic heterocycles. The van der Waals surface area contributed by atoms with Gasteiger partial charge in [-0.3, -0.25) is 0 Å². The maximum absolute atomic E-state index is 13.0. The van der Waals surface area contributed by atoms with Crippen molar-refractivity contribution in [3.8, 4) is 11.5 Å². The number of aryl methyl sites for hydroxylation is 1. The lowest BCUT2D eigenvalue weighted by Gasteiger charge is -2.10. The van der Waals surface area contributed by atoms with Crippen molar-refractivity contribution in [1.29, 1.82) is 0 Å². The van der Waals surface area contributed by atoms with Crippen LogP contribution in [0, 0.1) is 6.92 Å². The lowest BCUT2D eigenvalue weighted by Crippen LogP contribution is -2.13. The molecule has 1 aromatic heterocycles. The van der Waals surface area contributed by atoms with E-state index in [2.05, 4.69) is 4.98 Å². The van der Waals surface area contributed by atoms with E-state index in [9.17, 15) is 8.42 Å². The van der Waals surface area contributed by atoms with Gasteiger partial charge >= 0.3 is 0 Å². The first-order valence-electron chi connectivity index (χ1n) is 7.55. The predicted molar refractivity (Wildman–Crippen MR) is 97.9 cm³/mol. The zero-order valence-corrected chi connectivity index (χ0v) is 15.6. The van der Waals surface area contributed by atoms with Gasteiger partial charge in [0.15, 0.2) is 0 Å². The molecule has 0 atom stereocenters. The molecule has 0 bridgehead atoms. The minimum absolute atomic E-state index is 0.113. The summed E-state index contributed by atoms with van der Waals surface area (Å²) in [4.78, 5) is 6.01. The van der Waals surface area contributed by atoms with Crippen LogP contribution in [0.4, 0.5) is 5.88 Å². The number of aromatic nitrogens is 1. The third-order valence-corrected chi connectivity index (χ3v) is 5.66. The Morgan fingerprint density at radius 2 is 1.68 bits per heavy atom. The topological polar surface area (TPSA) is 63.4 Å². The molecule has 2 aromatic carbocycles. The second-order valence-electron chi connectivity index (χ2n) is 5.80. The van der Waals surface area contributed by atoms with Gasteiger partial charge in [-0.15, -0.1) is 0 Å². The second kappa shape index (κ2) is 6.54. The van der Waals surface area contributed by atoms with Crippen molar-refractivity contribution in [2.75, 3.05) is 19.0 Å². The Morgan fingerprint density at radius 1 is 1.04 bits per heavy atom. The molecule has 0 saturated carbocycles. The summed E-state index contributed by atoms with van der Waals surface area (Å²) in [5.74, 6) is 0.461. The van der Waals surface area contributed by atoms with Crippen molar-refractivity contribution >= 4 is 27.3 Å². The number of nitrogens with zero attached hydrogens (tertiary/aromatic N) is 2. The Balaban J connectivity index is 2.19. The van der Waals surface area contributed by atoms with Crippen molar-refractivity contribution < 1.29 is 12.8 Å². The van der Waals surface area contributed by atoms with E-state index in [-0.39, 0.29) is 21.7 Å². The minimum Gasteiger partial charge on any atom is -0.419 e. The molecule has 0 amide bonds. The summed E-state index contributed by atoms with van der Waals surface area (Å²) in [6.07, 6.45) is 0. The summed E-state index contributed by atoms with van der Waals surface area (Å²) < 4.78 is 31.8. The van der Waals surface area contributed by atoms with Crippen LogP contribution >= 0.6 is 11.6 Å². The van der Waals surface area contributed by atoms with Crippen LogP contribution in [0.3, 0.4) is 0 Å². The summed E-state index contributed by atoms with van der Waals surface area (Å²) >= 11 is 5.85.